The summed E-state index contributed by atoms with van der Waals surface area (Å²) in [5, 5.41) is 28.5. The molecule has 1 aliphatic rings. The molecule has 1 aromatic carbocycles. The van der Waals surface area contributed by atoms with Crippen molar-refractivity contribution in [1.82, 2.24) is 20.0 Å². The summed E-state index contributed by atoms with van der Waals surface area (Å²) in [5.41, 5.74) is 1.07. The summed E-state index contributed by atoms with van der Waals surface area (Å²) in [7, 11) is 0. The number of anilines is 2. The van der Waals surface area contributed by atoms with Crippen molar-refractivity contribution in [2.45, 2.75) is 23.2 Å². The Morgan fingerprint density at radius 2 is 2.15 bits per heavy atom. The summed E-state index contributed by atoms with van der Waals surface area (Å²) in [4.78, 5) is 12.4. The number of benzene rings is 1. The normalized spacial score (nSPS) is 13.1. The van der Waals surface area contributed by atoms with Crippen LogP contribution >= 0.6 is 23.1 Å². The minimum absolute atomic E-state index is 0.170. The monoisotopic (exact) mass is 397 g/mol. The number of carbonyl (C=O) groups excluding carboxylic acids is 1. The van der Waals surface area contributed by atoms with Gasteiger partial charge in [-0.2, -0.15) is 10.4 Å². The van der Waals surface area contributed by atoms with Crippen LogP contribution in [0.5, 0.6) is 0 Å². The molecule has 0 unspecified atom stereocenters. The van der Waals surface area contributed by atoms with Crippen molar-refractivity contribution < 1.29 is 4.79 Å². The molecule has 8 nitrogen and oxygen atoms in total. The van der Waals surface area contributed by atoms with Crippen LogP contribution in [0.25, 0.3) is 5.69 Å². The molecule has 0 saturated heterocycles. The lowest BCUT2D eigenvalue weighted by Gasteiger charge is -2.09. The molecule has 27 heavy (non-hydrogen) atoms. The zero-order valence-corrected chi connectivity index (χ0v) is 15.8. The topological polar surface area (TPSA) is 109 Å². The van der Waals surface area contributed by atoms with Crippen LogP contribution in [0.4, 0.5) is 10.9 Å². The second-order valence-corrected chi connectivity index (χ2v) is 8.09. The highest BCUT2D eigenvalue weighted by atomic mass is 32.2. The quantitative estimate of drug-likeness (QED) is 0.590. The molecule has 1 amide bonds. The highest BCUT2D eigenvalue weighted by molar-refractivity contribution is 8.01. The Morgan fingerprint density at radius 1 is 1.33 bits per heavy atom. The van der Waals surface area contributed by atoms with E-state index >= 15 is 0 Å². The molecule has 0 bridgehead atoms. The third-order valence-electron chi connectivity index (χ3n) is 3.79. The third kappa shape index (κ3) is 4.27. The highest BCUT2D eigenvalue weighted by Gasteiger charge is 2.22. The van der Waals surface area contributed by atoms with Crippen LogP contribution < -0.4 is 10.6 Å². The lowest BCUT2D eigenvalue weighted by atomic mass is 10.3. The molecule has 2 heterocycles. The molecule has 0 radical (unpaired) electrons. The fourth-order valence-electron chi connectivity index (χ4n) is 2.34. The third-order valence-corrected chi connectivity index (χ3v) is 5.77. The summed E-state index contributed by atoms with van der Waals surface area (Å²) in [6, 6.07) is 11.9. The van der Waals surface area contributed by atoms with Crippen LogP contribution in [-0.2, 0) is 4.79 Å². The first-order valence-corrected chi connectivity index (χ1v) is 10.1. The lowest BCUT2D eigenvalue weighted by molar-refractivity contribution is -0.113. The van der Waals surface area contributed by atoms with Crippen molar-refractivity contribution in [3.05, 3.63) is 42.1 Å². The molecule has 3 aromatic rings. The van der Waals surface area contributed by atoms with Gasteiger partial charge >= 0.3 is 0 Å². The number of amides is 1. The molecule has 0 spiro atoms. The van der Waals surface area contributed by atoms with E-state index in [1.165, 1.54) is 42.1 Å². The van der Waals surface area contributed by atoms with Gasteiger partial charge in [-0.25, -0.2) is 4.68 Å². The van der Waals surface area contributed by atoms with Crippen molar-refractivity contribution in [2.75, 3.05) is 16.4 Å². The Kier molecular flexibility index (Phi) is 5.04. The molecular formula is C17H15N7OS2. The zero-order valence-electron chi connectivity index (χ0n) is 14.1. The molecule has 2 N–H and O–H groups in total. The SMILES string of the molecule is N#Cc1cnn(-c2ccccc2)c1NC(=O)CSc1nnc(NC2CC2)s1. The van der Waals surface area contributed by atoms with Crippen LogP contribution in [0.3, 0.4) is 0 Å². The molecule has 0 atom stereocenters. The predicted octanol–water partition coefficient (Wildman–Crippen LogP) is 2.90. The second kappa shape index (κ2) is 7.77. The standard InChI is InChI=1S/C17H15N7OS2/c18-8-11-9-19-24(13-4-2-1-3-5-13)15(11)21-14(25)10-26-17-23-22-16(27-17)20-12-6-7-12/h1-5,9,12H,6-7,10H2,(H,20,22)(H,21,25). The lowest BCUT2D eigenvalue weighted by Crippen LogP contribution is -2.17. The molecule has 136 valence electrons. The minimum atomic E-state index is -0.235. The number of para-hydroxylation sites is 1. The van der Waals surface area contributed by atoms with E-state index in [-0.39, 0.29) is 11.7 Å². The van der Waals surface area contributed by atoms with Crippen molar-refractivity contribution in [1.29, 1.82) is 5.26 Å². The summed E-state index contributed by atoms with van der Waals surface area (Å²) < 4.78 is 2.27. The van der Waals surface area contributed by atoms with E-state index in [0.29, 0.717) is 17.4 Å². The van der Waals surface area contributed by atoms with Crippen LogP contribution in [0, 0.1) is 11.3 Å². The number of aromatic nitrogens is 4. The predicted molar refractivity (Wildman–Crippen MR) is 104 cm³/mol. The summed E-state index contributed by atoms with van der Waals surface area (Å²) in [5.74, 6) is 0.298. The van der Waals surface area contributed by atoms with E-state index in [1.54, 1.807) is 4.68 Å². The average Bonchev–Trinajstić information content (AvgIpc) is 3.24. The molecule has 0 aliphatic heterocycles. The Balaban J connectivity index is 1.41. The van der Waals surface area contributed by atoms with Gasteiger partial charge in [0, 0.05) is 6.04 Å². The molecular weight excluding hydrogens is 382 g/mol. The van der Waals surface area contributed by atoms with E-state index in [9.17, 15) is 10.1 Å². The van der Waals surface area contributed by atoms with Gasteiger partial charge in [-0.15, -0.1) is 10.2 Å². The molecule has 10 heteroatoms. The molecule has 1 fully saturated rings. The van der Waals surface area contributed by atoms with Gasteiger partial charge in [-0.1, -0.05) is 41.3 Å². The Morgan fingerprint density at radius 3 is 2.89 bits per heavy atom. The largest absolute Gasteiger partial charge is 0.357 e. The van der Waals surface area contributed by atoms with Crippen LogP contribution in [0.15, 0.2) is 40.9 Å². The van der Waals surface area contributed by atoms with Crippen LogP contribution in [0.1, 0.15) is 18.4 Å². The minimum Gasteiger partial charge on any atom is -0.357 e. The van der Waals surface area contributed by atoms with E-state index in [0.717, 1.165) is 15.2 Å². The fourth-order valence-corrected chi connectivity index (χ4v) is 3.97. The maximum Gasteiger partial charge on any atom is 0.236 e. The van der Waals surface area contributed by atoms with Gasteiger partial charge in [0.15, 0.2) is 10.2 Å². The summed E-state index contributed by atoms with van der Waals surface area (Å²) in [6.45, 7) is 0. The number of thioether (sulfide) groups is 1. The number of hydrogen-bond donors (Lipinski definition) is 2. The van der Waals surface area contributed by atoms with Gasteiger partial charge in [0.05, 0.1) is 17.6 Å². The smallest absolute Gasteiger partial charge is 0.236 e. The maximum absolute atomic E-state index is 12.4. The van der Waals surface area contributed by atoms with E-state index in [4.69, 9.17) is 0 Å². The van der Waals surface area contributed by atoms with Crippen molar-refractivity contribution in [3.63, 3.8) is 0 Å². The maximum atomic E-state index is 12.4. The first-order chi connectivity index (χ1) is 13.2. The first kappa shape index (κ1) is 17.5. The Hall–Kier alpha value is -2.90. The van der Waals surface area contributed by atoms with Gasteiger partial charge in [0.25, 0.3) is 0 Å². The van der Waals surface area contributed by atoms with Gasteiger partial charge in [-0.3, -0.25) is 4.79 Å². The Bertz CT molecular complexity index is 988. The van der Waals surface area contributed by atoms with E-state index in [2.05, 4.69) is 32.0 Å². The van der Waals surface area contributed by atoms with Crippen molar-refractivity contribution in [2.24, 2.45) is 0 Å². The average molecular weight is 397 g/mol. The molecule has 1 aliphatic carbocycles. The highest BCUT2D eigenvalue weighted by Crippen LogP contribution is 2.30. The van der Waals surface area contributed by atoms with Crippen LogP contribution in [0.2, 0.25) is 0 Å². The fraction of sp³-hybridized carbons (Fsp3) is 0.235. The van der Waals surface area contributed by atoms with Gasteiger partial charge in [0.2, 0.25) is 11.0 Å². The van der Waals surface area contributed by atoms with Gasteiger partial charge in [-0.05, 0) is 25.0 Å². The zero-order chi connectivity index (χ0) is 18.6. The molecule has 2 aromatic heterocycles. The molecule has 4 rings (SSSR count). The summed E-state index contributed by atoms with van der Waals surface area (Å²) >= 11 is 2.75. The van der Waals surface area contributed by atoms with E-state index < -0.39 is 0 Å². The number of carbonyl (C=O) groups is 1. The first-order valence-electron chi connectivity index (χ1n) is 8.29. The van der Waals surface area contributed by atoms with Crippen LogP contribution in [-0.4, -0.2) is 37.7 Å². The Labute approximate surface area is 163 Å². The number of rotatable bonds is 7. The van der Waals surface area contributed by atoms with Gasteiger partial charge < -0.3 is 10.6 Å². The number of nitrogens with one attached hydrogen (secondary N) is 2. The van der Waals surface area contributed by atoms with E-state index in [1.807, 2.05) is 30.3 Å². The second-order valence-electron chi connectivity index (χ2n) is 5.89. The number of nitrogens with zero attached hydrogens (tertiary/aromatic N) is 5. The number of hydrogen-bond acceptors (Lipinski definition) is 8. The van der Waals surface area contributed by atoms with Gasteiger partial charge in [0.1, 0.15) is 11.6 Å². The van der Waals surface area contributed by atoms with Crippen molar-refractivity contribution in [3.8, 4) is 11.8 Å². The molecule has 1 saturated carbocycles. The number of nitriles is 1. The van der Waals surface area contributed by atoms with Crippen molar-refractivity contribution >= 4 is 40.0 Å². The summed E-state index contributed by atoms with van der Waals surface area (Å²) in [6.07, 6.45) is 3.78.